The summed E-state index contributed by atoms with van der Waals surface area (Å²) in [6.07, 6.45) is 0. The lowest BCUT2D eigenvalue weighted by Gasteiger charge is -2.26. The Morgan fingerprint density at radius 1 is 1.33 bits per heavy atom. The van der Waals surface area contributed by atoms with Gasteiger partial charge >= 0.3 is 0 Å². The van der Waals surface area contributed by atoms with Crippen molar-refractivity contribution in [3.63, 3.8) is 0 Å². The van der Waals surface area contributed by atoms with Crippen molar-refractivity contribution in [2.45, 2.75) is 0 Å². The fourth-order valence-corrected chi connectivity index (χ4v) is 3.36. The molecule has 0 amide bonds. The second-order valence-electron chi connectivity index (χ2n) is 4.97. The molecule has 1 aliphatic heterocycles. The number of hydrogen-bond acceptors (Lipinski definition) is 6. The van der Waals surface area contributed by atoms with E-state index >= 15 is 0 Å². The number of nitro groups is 1. The van der Waals surface area contributed by atoms with Crippen molar-refractivity contribution in [1.29, 1.82) is 0 Å². The van der Waals surface area contributed by atoms with E-state index in [0.717, 1.165) is 54.5 Å². The molecule has 0 aliphatic carbocycles. The van der Waals surface area contributed by atoms with Crippen molar-refractivity contribution >= 4 is 32.1 Å². The number of nitrogens with one attached hydrogen (secondary N) is 1. The Labute approximate surface area is 126 Å². The third-order valence-electron chi connectivity index (χ3n) is 3.54. The Kier molecular flexibility index (Phi) is 4.33. The van der Waals surface area contributed by atoms with Crippen molar-refractivity contribution in [3.8, 4) is 0 Å². The van der Waals surface area contributed by atoms with Gasteiger partial charge in [-0.2, -0.15) is 0 Å². The molecule has 1 fully saturated rings. The van der Waals surface area contributed by atoms with Gasteiger partial charge in [0, 0.05) is 48.4 Å². The molecule has 21 heavy (non-hydrogen) atoms. The molecule has 1 N–H and O–H groups in total. The van der Waals surface area contributed by atoms with E-state index in [1.807, 2.05) is 12.1 Å². The first-order chi connectivity index (χ1) is 10.2. The van der Waals surface area contributed by atoms with Crippen molar-refractivity contribution in [3.05, 3.63) is 34.4 Å². The van der Waals surface area contributed by atoms with Crippen LogP contribution in [0.3, 0.4) is 0 Å². The monoisotopic (exact) mass is 307 g/mol. The third kappa shape index (κ3) is 3.49. The van der Waals surface area contributed by atoms with Gasteiger partial charge in [0.2, 0.25) is 0 Å². The number of fused-ring (bicyclic) bond motifs is 1. The lowest BCUT2D eigenvalue weighted by atomic mass is 10.2. The molecule has 0 bridgehead atoms. The van der Waals surface area contributed by atoms with Crippen LogP contribution in [-0.2, 0) is 4.74 Å². The second-order valence-corrected chi connectivity index (χ2v) is 6.05. The number of nitro benzene ring substituents is 1. The average molecular weight is 307 g/mol. The average Bonchev–Trinajstić information content (AvgIpc) is 2.90. The SMILES string of the molecule is O=[N+]([O-])c1ccc2sc(NCCN3CCOCC3)cc2c1. The van der Waals surface area contributed by atoms with Crippen LogP contribution >= 0.6 is 11.3 Å². The highest BCUT2D eigenvalue weighted by atomic mass is 32.1. The summed E-state index contributed by atoms with van der Waals surface area (Å²) in [4.78, 5) is 12.8. The zero-order chi connectivity index (χ0) is 14.7. The van der Waals surface area contributed by atoms with Crippen LogP contribution in [0.15, 0.2) is 24.3 Å². The number of thiophene rings is 1. The molecular weight excluding hydrogens is 290 g/mol. The van der Waals surface area contributed by atoms with E-state index in [0.29, 0.717) is 0 Å². The van der Waals surface area contributed by atoms with E-state index in [9.17, 15) is 10.1 Å². The minimum atomic E-state index is -0.358. The normalized spacial score (nSPS) is 16.2. The number of ether oxygens (including phenoxy) is 1. The zero-order valence-electron chi connectivity index (χ0n) is 11.6. The van der Waals surface area contributed by atoms with E-state index in [1.54, 1.807) is 23.5 Å². The first kappa shape index (κ1) is 14.2. The van der Waals surface area contributed by atoms with Crippen molar-refractivity contribution in [2.24, 2.45) is 0 Å². The topological polar surface area (TPSA) is 67.6 Å². The molecule has 2 aromatic rings. The molecule has 0 saturated carbocycles. The lowest BCUT2D eigenvalue weighted by Crippen LogP contribution is -2.38. The summed E-state index contributed by atoms with van der Waals surface area (Å²) >= 11 is 1.63. The van der Waals surface area contributed by atoms with Gasteiger partial charge < -0.3 is 10.1 Å². The van der Waals surface area contributed by atoms with Crippen LogP contribution in [0, 0.1) is 10.1 Å². The minimum absolute atomic E-state index is 0.139. The fourth-order valence-electron chi connectivity index (χ4n) is 2.39. The van der Waals surface area contributed by atoms with Gasteiger partial charge in [-0.05, 0) is 12.1 Å². The van der Waals surface area contributed by atoms with Crippen LogP contribution in [0.5, 0.6) is 0 Å². The molecule has 0 unspecified atom stereocenters. The minimum Gasteiger partial charge on any atom is -0.379 e. The van der Waals surface area contributed by atoms with Crippen LogP contribution in [0.25, 0.3) is 10.1 Å². The Bertz CT molecular complexity index is 637. The Morgan fingerprint density at radius 3 is 2.90 bits per heavy atom. The van der Waals surface area contributed by atoms with Gasteiger partial charge in [0.25, 0.3) is 5.69 Å². The number of morpholine rings is 1. The number of hydrogen-bond donors (Lipinski definition) is 1. The Morgan fingerprint density at radius 2 is 2.14 bits per heavy atom. The number of anilines is 1. The first-order valence-electron chi connectivity index (χ1n) is 6.94. The van der Waals surface area contributed by atoms with Crippen LogP contribution < -0.4 is 5.32 Å². The zero-order valence-corrected chi connectivity index (χ0v) is 12.4. The summed E-state index contributed by atoms with van der Waals surface area (Å²) in [5, 5.41) is 16.1. The first-order valence-corrected chi connectivity index (χ1v) is 7.76. The van der Waals surface area contributed by atoms with Crippen molar-refractivity contribution in [1.82, 2.24) is 4.90 Å². The quantitative estimate of drug-likeness (QED) is 0.679. The highest BCUT2D eigenvalue weighted by Gasteiger charge is 2.11. The predicted octanol–water partition coefficient (Wildman–Crippen LogP) is 2.55. The van der Waals surface area contributed by atoms with Crippen molar-refractivity contribution in [2.75, 3.05) is 44.7 Å². The highest BCUT2D eigenvalue weighted by Crippen LogP contribution is 2.32. The van der Waals surface area contributed by atoms with Crippen molar-refractivity contribution < 1.29 is 9.66 Å². The molecule has 112 valence electrons. The highest BCUT2D eigenvalue weighted by molar-refractivity contribution is 7.22. The van der Waals surface area contributed by atoms with E-state index < -0.39 is 0 Å². The fraction of sp³-hybridized carbons (Fsp3) is 0.429. The van der Waals surface area contributed by atoms with Crippen LogP contribution in [0.1, 0.15) is 0 Å². The van der Waals surface area contributed by atoms with Gasteiger partial charge in [0.1, 0.15) is 0 Å². The maximum atomic E-state index is 10.8. The smallest absolute Gasteiger partial charge is 0.270 e. The van der Waals surface area contributed by atoms with Gasteiger partial charge in [-0.25, -0.2) is 0 Å². The lowest BCUT2D eigenvalue weighted by molar-refractivity contribution is -0.384. The van der Waals surface area contributed by atoms with Gasteiger partial charge in [0.05, 0.1) is 23.1 Å². The number of benzene rings is 1. The third-order valence-corrected chi connectivity index (χ3v) is 4.62. The largest absolute Gasteiger partial charge is 0.379 e. The molecule has 1 saturated heterocycles. The summed E-state index contributed by atoms with van der Waals surface area (Å²) in [7, 11) is 0. The second kappa shape index (κ2) is 6.38. The molecule has 6 nitrogen and oxygen atoms in total. The summed E-state index contributed by atoms with van der Waals surface area (Å²) < 4.78 is 6.38. The van der Waals surface area contributed by atoms with E-state index in [1.165, 1.54) is 0 Å². The standard InChI is InChI=1S/C14H17N3O3S/c18-17(19)12-1-2-13-11(9-12)10-14(21-13)15-3-4-16-5-7-20-8-6-16/h1-2,9-10,15H,3-8H2. The van der Waals surface area contributed by atoms with Gasteiger partial charge in [-0.1, -0.05) is 0 Å². The van der Waals surface area contributed by atoms with Gasteiger partial charge in [0.15, 0.2) is 0 Å². The van der Waals surface area contributed by atoms with Gasteiger partial charge in [-0.3, -0.25) is 15.0 Å². The molecule has 7 heteroatoms. The number of non-ortho nitro benzene ring substituents is 1. The summed E-state index contributed by atoms with van der Waals surface area (Å²) in [5.41, 5.74) is 0.139. The van der Waals surface area contributed by atoms with E-state index in [4.69, 9.17) is 4.74 Å². The van der Waals surface area contributed by atoms with E-state index in [2.05, 4.69) is 10.2 Å². The summed E-state index contributed by atoms with van der Waals surface area (Å²) in [5.74, 6) is 0. The molecule has 2 heterocycles. The van der Waals surface area contributed by atoms with Crippen LogP contribution in [0.4, 0.5) is 10.7 Å². The molecule has 0 spiro atoms. The summed E-state index contributed by atoms with van der Waals surface area (Å²) in [6, 6.07) is 6.97. The molecule has 0 atom stereocenters. The molecular formula is C14H17N3O3S. The molecule has 1 aromatic heterocycles. The molecule has 3 rings (SSSR count). The predicted molar refractivity (Wildman–Crippen MR) is 84.2 cm³/mol. The van der Waals surface area contributed by atoms with Gasteiger partial charge in [-0.15, -0.1) is 11.3 Å². The van der Waals surface area contributed by atoms with Crippen LogP contribution in [-0.4, -0.2) is 49.2 Å². The number of rotatable bonds is 5. The maximum Gasteiger partial charge on any atom is 0.270 e. The van der Waals surface area contributed by atoms with E-state index in [-0.39, 0.29) is 10.6 Å². The van der Waals surface area contributed by atoms with Crippen LogP contribution in [0.2, 0.25) is 0 Å². The molecule has 0 radical (unpaired) electrons. The Balaban J connectivity index is 1.60. The Hall–Kier alpha value is -1.70. The number of nitrogens with zero attached hydrogens (tertiary/aromatic N) is 2. The maximum absolute atomic E-state index is 10.8. The molecule has 1 aliphatic rings. The summed E-state index contributed by atoms with van der Waals surface area (Å²) in [6.45, 7) is 5.45. The molecule has 1 aromatic carbocycles.